The van der Waals surface area contributed by atoms with Crippen LogP contribution in [0.15, 0.2) is 43.1 Å². The minimum Gasteiger partial charge on any atom is -0.495 e. The number of ether oxygens (including phenoxy) is 2. The van der Waals surface area contributed by atoms with Crippen LogP contribution in [0, 0.1) is 0 Å². The SMILES string of the molecule is COc1cc(OC)c(Cl)c(Nc2ncccc2-c2cc(Nc3c(N)ncn3C)ncn2)c1Cl. The van der Waals surface area contributed by atoms with E-state index in [4.69, 9.17) is 38.4 Å². The number of imidazole rings is 1. The number of hydrogen-bond acceptors (Lipinski definition) is 9. The number of nitrogens with zero attached hydrogens (tertiary/aromatic N) is 5. The van der Waals surface area contributed by atoms with Crippen molar-refractivity contribution in [3.8, 4) is 22.8 Å². The minimum atomic E-state index is 0.289. The number of nitrogens with one attached hydrogen (secondary N) is 2. The van der Waals surface area contributed by atoms with E-state index in [0.717, 1.165) is 0 Å². The quantitative estimate of drug-likeness (QED) is 0.341. The summed E-state index contributed by atoms with van der Waals surface area (Å²) in [5.41, 5.74) is 7.61. The molecule has 3 aromatic heterocycles. The Balaban J connectivity index is 1.73. The van der Waals surface area contributed by atoms with Crippen LogP contribution < -0.4 is 25.8 Å². The first-order valence-corrected chi connectivity index (χ1v) is 10.4. The van der Waals surface area contributed by atoms with Crippen LogP contribution in [0.5, 0.6) is 11.5 Å². The number of nitrogen functional groups attached to an aromatic ring is 1. The van der Waals surface area contributed by atoms with E-state index in [-0.39, 0.29) is 10.0 Å². The van der Waals surface area contributed by atoms with Gasteiger partial charge in [0.25, 0.3) is 0 Å². The Morgan fingerprint density at radius 2 is 1.70 bits per heavy atom. The summed E-state index contributed by atoms with van der Waals surface area (Å²) in [6, 6.07) is 7.04. The van der Waals surface area contributed by atoms with Crippen LogP contribution >= 0.6 is 23.2 Å². The van der Waals surface area contributed by atoms with Gasteiger partial charge in [0.1, 0.15) is 39.5 Å². The van der Waals surface area contributed by atoms with E-state index in [1.807, 2.05) is 13.1 Å². The number of rotatable bonds is 7. The van der Waals surface area contributed by atoms with Gasteiger partial charge in [-0.05, 0) is 12.1 Å². The number of methoxy groups -OCH3 is 2. The number of halogens is 2. The normalized spacial score (nSPS) is 10.7. The highest BCUT2D eigenvalue weighted by Gasteiger charge is 2.19. The molecule has 0 amide bonds. The van der Waals surface area contributed by atoms with Gasteiger partial charge in [0, 0.05) is 30.9 Å². The van der Waals surface area contributed by atoms with Crippen LogP contribution in [0.2, 0.25) is 10.0 Å². The summed E-state index contributed by atoms with van der Waals surface area (Å²) < 4.78 is 12.4. The number of aromatic nitrogens is 5. The molecule has 4 N–H and O–H groups in total. The van der Waals surface area contributed by atoms with E-state index in [1.165, 1.54) is 20.5 Å². The summed E-state index contributed by atoms with van der Waals surface area (Å²) in [6.45, 7) is 0. The molecule has 170 valence electrons. The molecule has 0 unspecified atom stereocenters. The third-order valence-corrected chi connectivity index (χ3v) is 5.53. The van der Waals surface area contributed by atoms with Gasteiger partial charge in [-0.1, -0.05) is 23.2 Å². The first kappa shape index (κ1) is 22.4. The summed E-state index contributed by atoms with van der Waals surface area (Å²) in [4.78, 5) is 17.2. The number of aryl methyl sites for hydroxylation is 1. The first-order valence-electron chi connectivity index (χ1n) is 9.61. The molecule has 0 radical (unpaired) electrons. The Morgan fingerprint density at radius 1 is 0.970 bits per heavy atom. The summed E-state index contributed by atoms with van der Waals surface area (Å²) in [6.07, 6.45) is 4.69. The molecule has 0 atom stereocenters. The molecule has 0 bridgehead atoms. The van der Waals surface area contributed by atoms with Crippen LogP contribution in [0.4, 0.5) is 29.0 Å². The monoisotopic (exact) mass is 486 g/mol. The molecular formula is C21H20Cl2N8O2. The zero-order valence-corrected chi connectivity index (χ0v) is 19.4. The lowest BCUT2D eigenvalue weighted by Crippen LogP contribution is -2.03. The summed E-state index contributed by atoms with van der Waals surface area (Å²) in [7, 11) is 4.84. The molecule has 10 nitrogen and oxygen atoms in total. The van der Waals surface area contributed by atoms with Gasteiger partial charge in [-0.2, -0.15) is 0 Å². The number of pyridine rings is 1. The van der Waals surface area contributed by atoms with Crippen molar-refractivity contribution >= 4 is 52.2 Å². The lowest BCUT2D eigenvalue weighted by atomic mass is 10.1. The van der Waals surface area contributed by atoms with Gasteiger partial charge in [0.2, 0.25) is 0 Å². The molecular weight excluding hydrogens is 467 g/mol. The Labute approximate surface area is 199 Å². The molecule has 0 aliphatic rings. The Hall–Kier alpha value is -3.76. The summed E-state index contributed by atoms with van der Waals surface area (Å²) in [5.74, 6) is 2.79. The Bertz CT molecular complexity index is 1260. The van der Waals surface area contributed by atoms with Crippen molar-refractivity contribution in [2.24, 2.45) is 7.05 Å². The van der Waals surface area contributed by atoms with Gasteiger partial charge in [0.05, 0.1) is 31.9 Å². The van der Waals surface area contributed by atoms with Crippen LogP contribution in [-0.4, -0.2) is 38.7 Å². The third-order valence-electron chi connectivity index (χ3n) is 4.78. The fraction of sp³-hybridized carbons (Fsp3) is 0.143. The molecule has 0 aliphatic heterocycles. The number of nitrogens with two attached hydrogens (primary N) is 1. The van der Waals surface area contributed by atoms with Gasteiger partial charge in [0.15, 0.2) is 11.6 Å². The topological polar surface area (TPSA) is 125 Å². The number of anilines is 5. The molecule has 1 aromatic carbocycles. The molecule has 33 heavy (non-hydrogen) atoms. The number of benzene rings is 1. The van der Waals surface area contributed by atoms with Gasteiger partial charge >= 0.3 is 0 Å². The number of hydrogen-bond donors (Lipinski definition) is 3. The highest BCUT2D eigenvalue weighted by Crippen LogP contribution is 2.45. The van der Waals surface area contributed by atoms with Crippen molar-refractivity contribution in [1.82, 2.24) is 24.5 Å². The fourth-order valence-electron chi connectivity index (χ4n) is 3.12. The van der Waals surface area contributed by atoms with E-state index < -0.39 is 0 Å². The van der Waals surface area contributed by atoms with Crippen molar-refractivity contribution < 1.29 is 9.47 Å². The third kappa shape index (κ3) is 4.43. The van der Waals surface area contributed by atoms with Crippen LogP contribution in [0.25, 0.3) is 11.3 Å². The molecule has 0 aliphatic carbocycles. The Kier molecular flexibility index (Phi) is 6.38. The van der Waals surface area contributed by atoms with E-state index in [0.29, 0.717) is 51.7 Å². The maximum absolute atomic E-state index is 6.51. The smallest absolute Gasteiger partial charge is 0.166 e. The molecule has 0 fully saturated rings. The van der Waals surface area contributed by atoms with Gasteiger partial charge in [-0.25, -0.2) is 19.9 Å². The van der Waals surface area contributed by atoms with Crippen molar-refractivity contribution in [3.05, 3.63) is 53.2 Å². The molecule has 12 heteroatoms. The van der Waals surface area contributed by atoms with E-state index >= 15 is 0 Å². The predicted molar refractivity (Wildman–Crippen MR) is 129 cm³/mol. The zero-order valence-electron chi connectivity index (χ0n) is 17.9. The second-order valence-corrected chi connectivity index (χ2v) is 7.57. The van der Waals surface area contributed by atoms with E-state index in [2.05, 4.69) is 30.6 Å². The Morgan fingerprint density at radius 3 is 2.33 bits per heavy atom. The fourth-order valence-corrected chi connectivity index (χ4v) is 3.72. The van der Waals surface area contributed by atoms with Gasteiger partial charge in [-0.15, -0.1) is 0 Å². The van der Waals surface area contributed by atoms with Crippen LogP contribution in [-0.2, 0) is 7.05 Å². The van der Waals surface area contributed by atoms with Gasteiger partial charge in [-0.3, -0.25) is 0 Å². The van der Waals surface area contributed by atoms with Gasteiger partial charge < -0.3 is 30.4 Å². The zero-order chi connectivity index (χ0) is 23.5. The first-order chi connectivity index (χ1) is 15.9. The highest BCUT2D eigenvalue weighted by molar-refractivity contribution is 6.41. The summed E-state index contributed by atoms with van der Waals surface area (Å²) >= 11 is 13.0. The maximum atomic E-state index is 6.51. The molecule has 0 saturated carbocycles. The minimum absolute atomic E-state index is 0.289. The van der Waals surface area contributed by atoms with E-state index in [9.17, 15) is 0 Å². The van der Waals surface area contributed by atoms with Crippen molar-refractivity contribution in [1.29, 1.82) is 0 Å². The van der Waals surface area contributed by atoms with Crippen LogP contribution in [0.1, 0.15) is 0 Å². The van der Waals surface area contributed by atoms with Crippen molar-refractivity contribution in [2.45, 2.75) is 0 Å². The molecule has 3 heterocycles. The standard InChI is InChI=1S/C21H20Cl2N8O2/c1-31-10-28-19(24)21(31)29-15-7-12(26-9-27-15)11-5-4-6-25-20(11)30-18-16(22)13(32-2)8-14(33-3)17(18)23/h4-10H,24H2,1-3H3,(H,25,30)(H,26,27,29). The maximum Gasteiger partial charge on any atom is 0.166 e. The average Bonchev–Trinajstić information content (AvgIpc) is 3.14. The van der Waals surface area contributed by atoms with Crippen molar-refractivity contribution in [2.75, 3.05) is 30.6 Å². The second-order valence-electron chi connectivity index (χ2n) is 6.81. The largest absolute Gasteiger partial charge is 0.495 e. The lowest BCUT2D eigenvalue weighted by molar-refractivity contribution is 0.395. The molecule has 4 aromatic rings. The van der Waals surface area contributed by atoms with Crippen molar-refractivity contribution in [3.63, 3.8) is 0 Å². The second kappa shape index (κ2) is 9.39. The predicted octanol–water partition coefficient (Wildman–Crippen LogP) is 4.67. The molecule has 0 saturated heterocycles. The summed E-state index contributed by atoms with van der Waals surface area (Å²) in [5, 5.41) is 6.92. The molecule has 4 rings (SSSR count). The average molecular weight is 487 g/mol. The van der Waals surface area contributed by atoms with Crippen LogP contribution in [0.3, 0.4) is 0 Å². The highest BCUT2D eigenvalue weighted by atomic mass is 35.5. The van der Waals surface area contributed by atoms with E-state index in [1.54, 1.807) is 35.3 Å². The lowest BCUT2D eigenvalue weighted by Gasteiger charge is -2.17. The molecule has 0 spiro atoms.